The summed E-state index contributed by atoms with van der Waals surface area (Å²) in [7, 11) is 0. The molecule has 3 rings (SSSR count). The van der Waals surface area contributed by atoms with Crippen LogP contribution in [-0.2, 0) is 10.3 Å². The maximum absolute atomic E-state index is 10.6. The van der Waals surface area contributed by atoms with Gasteiger partial charge in [-0.15, -0.1) is 0 Å². The summed E-state index contributed by atoms with van der Waals surface area (Å²) in [5.41, 5.74) is 2.40. The second-order valence-electron chi connectivity index (χ2n) is 5.60. The fourth-order valence-electron chi connectivity index (χ4n) is 3.16. The van der Waals surface area contributed by atoms with Crippen LogP contribution in [0.5, 0.6) is 0 Å². The van der Waals surface area contributed by atoms with Crippen LogP contribution in [-0.4, -0.2) is 17.6 Å². The number of hydrogen-bond acceptors (Lipinski definition) is 3. The zero-order valence-electron chi connectivity index (χ0n) is 11.1. The topological polar surface area (TPSA) is 29.4 Å². The lowest BCUT2D eigenvalue weighted by Gasteiger charge is -2.37. The lowest BCUT2D eigenvalue weighted by molar-refractivity contribution is 0.256. The minimum absolute atomic E-state index is 0.247. The number of carbonyl (C=O) groups excluding carboxylic acids is 1. The van der Waals surface area contributed by atoms with E-state index in [1.807, 2.05) is 0 Å². The van der Waals surface area contributed by atoms with Crippen LogP contribution in [0.25, 0.3) is 0 Å². The van der Waals surface area contributed by atoms with Gasteiger partial charge in [0.25, 0.3) is 0 Å². The van der Waals surface area contributed by atoms with E-state index in [9.17, 15) is 4.79 Å². The third kappa shape index (κ3) is 2.50. The normalized spacial score (nSPS) is 22.3. The van der Waals surface area contributed by atoms with Crippen molar-refractivity contribution in [1.82, 2.24) is 0 Å². The summed E-state index contributed by atoms with van der Waals surface area (Å²) in [5, 5.41) is 0. The molecule has 1 saturated heterocycles. The molecule has 1 aromatic rings. The molecule has 2 nitrogen and oxygen atoms in total. The van der Waals surface area contributed by atoms with Gasteiger partial charge in [-0.05, 0) is 60.7 Å². The monoisotopic (exact) mass is 273 g/mol. The average Bonchev–Trinajstić information content (AvgIpc) is 2.44. The van der Waals surface area contributed by atoms with Crippen LogP contribution in [0, 0.1) is 0 Å². The Morgan fingerprint density at radius 2 is 1.84 bits per heavy atom. The zero-order valence-corrected chi connectivity index (χ0v) is 11.9. The Balaban J connectivity index is 1.80. The molecule has 0 N–H and O–H groups in total. The molecule has 1 aliphatic heterocycles. The molecule has 2 aliphatic rings. The fraction of sp³-hybridized carbons (Fsp3) is 0.562. The van der Waals surface area contributed by atoms with Gasteiger partial charge in [0, 0.05) is 0 Å². The minimum Gasteiger partial charge on any atom is -0.211 e. The van der Waals surface area contributed by atoms with E-state index >= 15 is 0 Å². The summed E-state index contributed by atoms with van der Waals surface area (Å²) in [4.78, 5) is 14.7. The average molecular weight is 273 g/mol. The third-order valence-electron chi connectivity index (χ3n) is 4.58. The predicted octanol–water partition coefficient (Wildman–Crippen LogP) is 4.01. The number of nitrogens with zero attached hydrogens (tertiary/aromatic N) is 1. The van der Waals surface area contributed by atoms with Crippen LogP contribution in [0.4, 0.5) is 0 Å². The number of isocyanates is 1. The lowest BCUT2D eigenvalue weighted by Crippen LogP contribution is -2.31. The maximum atomic E-state index is 10.6. The van der Waals surface area contributed by atoms with E-state index in [-0.39, 0.29) is 5.54 Å². The summed E-state index contributed by atoms with van der Waals surface area (Å²) in [6, 6.07) is 8.85. The first-order chi connectivity index (χ1) is 9.34. The molecule has 0 aromatic heterocycles. The zero-order chi connectivity index (χ0) is 13.1. The van der Waals surface area contributed by atoms with Gasteiger partial charge >= 0.3 is 0 Å². The van der Waals surface area contributed by atoms with Crippen LogP contribution in [0.1, 0.15) is 49.1 Å². The Hall–Kier alpha value is -1.05. The predicted molar refractivity (Wildman–Crippen MR) is 79.4 cm³/mol. The molecule has 2 fully saturated rings. The standard InChI is InChI=1S/C16H19NOS/c18-12-17-16(8-1-9-16)15-4-2-13(3-5-15)14-6-10-19-11-7-14/h2-5,14H,1,6-11H2. The lowest BCUT2D eigenvalue weighted by atomic mass is 9.72. The van der Waals surface area contributed by atoms with Crippen LogP contribution in [0.2, 0.25) is 0 Å². The summed E-state index contributed by atoms with van der Waals surface area (Å²) < 4.78 is 0. The first kappa shape index (κ1) is 13.0. The summed E-state index contributed by atoms with van der Waals surface area (Å²) in [5.74, 6) is 3.29. The molecule has 1 saturated carbocycles. The second-order valence-corrected chi connectivity index (χ2v) is 6.82. The molecule has 100 valence electrons. The van der Waals surface area contributed by atoms with Crippen molar-refractivity contribution in [3.05, 3.63) is 35.4 Å². The van der Waals surface area contributed by atoms with Crippen molar-refractivity contribution in [2.24, 2.45) is 4.99 Å². The van der Waals surface area contributed by atoms with Crippen molar-refractivity contribution < 1.29 is 4.79 Å². The Bertz CT molecular complexity index is 480. The molecule has 0 bridgehead atoms. The molecule has 0 amide bonds. The quantitative estimate of drug-likeness (QED) is 0.615. The Morgan fingerprint density at radius 3 is 2.37 bits per heavy atom. The highest BCUT2D eigenvalue weighted by molar-refractivity contribution is 7.99. The van der Waals surface area contributed by atoms with Gasteiger partial charge in [0.15, 0.2) is 0 Å². The number of hydrogen-bond donors (Lipinski definition) is 0. The molecule has 1 heterocycles. The molecule has 0 atom stereocenters. The van der Waals surface area contributed by atoms with Gasteiger partial charge < -0.3 is 0 Å². The van der Waals surface area contributed by atoms with Crippen LogP contribution >= 0.6 is 11.8 Å². The summed E-state index contributed by atoms with van der Waals surface area (Å²) in [6.07, 6.45) is 7.48. The largest absolute Gasteiger partial charge is 0.235 e. The fourth-order valence-corrected chi connectivity index (χ4v) is 4.27. The Morgan fingerprint density at radius 1 is 1.16 bits per heavy atom. The van der Waals surface area contributed by atoms with E-state index in [4.69, 9.17) is 0 Å². The highest BCUT2D eigenvalue weighted by Crippen LogP contribution is 2.45. The van der Waals surface area contributed by atoms with Crippen molar-refractivity contribution >= 4 is 17.8 Å². The molecule has 0 unspecified atom stereocenters. The summed E-state index contributed by atoms with van der Waals surface area (Å²) in [6.45, 7) is 0. The van der Waals surface area contributed by atoms with Crippen molar-refractivity contribution in [2.45, 2.75) is 43.6 Å². The van der Waals surface area contributed by atoms with Crippen molar-refractivity contribution in [3.8, 4) is 0 Å². The number of aliphatic imine (C=N–C) groups is 1. The van der Waals surface area contributed by atoms with Gasteiger partial charge in [0.05, 0.1) is 5.54 Å². The van der Waals surface area contributed by atoms with E-state index in [2.05, 4.69) is 41.0 Å². The molecule has 1 aliphatic carbocycles. The van der Waals surface area contributed by atoms with Gasteiger partial charge in [-0.25, -0.2) is 4.79 Å². The Labute approximate surface area is 118 Å². The highest BCUT2D eigenvalue weighted by atomic mass is 32.2. The van der Waals surface area contributed by atoms with Crippen molar-refractivity contribution in [1.29, 1.82) is 0 Å². The van der Waals surface area contributed by atoms with Crippen LogP contribution in [0.3, 0.4) is 0 Å². The van der Waals surface area contributed by atoms with Crippen molar-refractivity contribution in [3.63, 3.8) is 0 Å². The molecular weight excluding hydrogens is 254 g/mol. The smallest absolute Gasteiger partial charge is 0.211 e. The van der Waals surface area contributed by atoms with E-state index < -0.39 is 0 Å². The Kier molecular flexibility index (Phi) is 3.76. The van der Waals surface area contributed by atoms with Gasteiger partial charge in [-0.2, -0.15) is 16.8 Å². The second kappa shape index (κ2) is 5.52. The summed E-state index contributed by atoms with van der Waals surface area (Å²) >= 11 is 2.06. The minimum atomic E-state index is -0.247. The number of rotatable bonds is 3. The van der Waals surface area contributed by atoms with E-state index in [0.29, 0.717) is 0 Å². The van der Waals surface area contributed by atoms with Crippen LogP contribution in [0.15, 0.2) is 29.3 Å². The number of benzene rings is 1. The van der Waals surface area contributed by atoms with Gasteiger partial charge in [-0.1, -0.05) is 24.3 Å². The van der Waals surface area contributed by atoms with Gasteiger partial charge in [0.1, 0.15) is 0 Å². The van der Waals surface area contributed by atoms with Crippen molar-refractivity contribution in [2.75, 3.05) is 11.5 Å². The van der Waals surface area contributed by atoms with Crippen LogP contribution < -0.4 is 0 Å². The molecular formula is C16H19NOS. The van der Waals surface area contributed by atoms with E-state index in [0.717, 1.165) is 25.2 Å². The van der Waals surface area contributed by atoms with E-state index in [1.54, 1.807) is 6.08 Å². The van der Waals surface area contributed by atoms with E-state index in [1.165, 1.54) is 35.5 Å². The molecule has 19 heavy (non-hydrogen) atoms. The SMILES string of the molecule is O=C=NC1(c2ccc(C3CCSCC3)cc2)CCC1. The number of thioether (sulfide) groups is 1. The first-order valence-electron chi connectivity index (χ1n) is 7.11. The maximum Gasteiger partial charge on any atom is 0.235 e. The molecule has 3 heteroatoms. The molecule has 0 radical (unpaired) electrons. The highest BCUT2D eigenvalue weighted by Gasteiger charge is 2.38. The molecule has 0 spiro atoms. The van der Waals surface area contributed by atoms with Gasteiger partial charge in [0.2, 0.25) is 6.08 Å². The first-order valence-corrected chi connectivity index (χ1v) is 8.27. The third-order valence-corrected chi connectivity index (χ3v) is 5.63. The van der Waals surface area contributed by atoms with Gasteiger partial charge in [-0.3, -0.25) is 0 Å². The molecule has 1 aromatic carbocycles.